The van der Waals surface area contributed by atoms with Crippen LogP contribution in [-0.4, -0.2) is 21.5 Å². The Hall–Kier alpha value is -2.21. The number of aromatic amines is 1. The van der Waals surface area contributed by atoms with Crippen LogP contribution in [0.5, 0.6) is 0 Å². The number of H-pyrrole nitrogens is 1. The van der Waals surface area contributed by atoms with Gasteiger partial charge in [0, 0.05) is 13.0 Å². The lowest BCUT2D eigenvalue weighted by molar-refractivity contribution is 0.690. The van der Waals surface area contributed by atoms with E-state index in [4.69, 9.17) is 4.98 Å². The number of aromatic nitrogens is 3. The van der Waals surface area contributed by atoms with Gasteiger partial charge in [-0.05, 0) is 25.0 Å². The minimum Gasteiger partial charge on any atom is -0.343 e. The number of anilines is 1. The van der Waals surface area contributed by atoms with Crippen molar-refractivity contribution in [2.45, 2.75) is 33.2 Å². The molecule has 0 unspecified atom stereocenters. The zero-order chi connectivity index (χ0) is 16.0. The third kappa shape index (κ3) is 2.43. The fraction of sp³-hybridized carbons (Fsp3) is 0.353. The van der Waals surface area contributed by atoms with Crippen molar-refractivity contribution in [1.82, 2.24) is 15.0 Å². The van der Waals surface area contributed by atoms with Crippen molar-refractivity contribution in [3.05, 3.63) is 51.2 Å². The summed E-state index contributed by atoms with van der Waals surface area (Å²) >= 11 is 1.70. The molecule has 3 aromatic rings. The van der Waals surface area contributed by atoms with E-state index in [1.165, 1.54) is 10.3 Å². The number of thiazole rings is 1. The monoisotopic (exact) mass is 326 g/mol. The van der Waals surface area contributed by atoms with Crippen molar-refractivity contribution in [1.29, 1.82) is 0 Å². The summed E-state index contributed by atoms with van der Waals surface area (Å²) in [7, 11) is 0. The molecule has 0 atom stereocenters. The molecular formula is C17H18N4OS. The van der Waals surface area contributed by atoms with Crippen molar-refractivity contribution in [2.75, 3.05) is 11.4 Å². The Morgan fingerprint density at radius 3 is 3.04 bits per heavy atom. The fourth-order valence-electron chi connectivity index (χ4n) is 3.13. The molecule has 2 aromatic heterocycles. The van der Waals surface area contributed by atoms with E-state index in [1.54, 1.807) is 11.3 Å². The van der Waals surface area contributed by atoms with Crippen LogP contribution in [-0.2, 0) is 19.4 Å². The highest BCUT2D eigenvalue weighted by atomic mass is 32.1. The van der Waals surface area contributed by atoms with Crippen molar-refractivity contribution >= 4 is 26.7 Å². The molecule has 23 heavy (non-hydrogen) atoms. The lowest BCUT2D eigenvalue weighted by Gasteiger charge is -2.27. The maximum atomic E-state index is 12.2. The average molecular weight is 326 g/mol. The molecule has 0 amide bonds. The van der Waals surface area contributed by atoms with Crippen LogP contribution in [0, 0.1) is 6.92 Å². The van der Waals surface area contributed by atoms with Gasteiger partial charge in [-0.1, -0.05) is 30.4 Å². The van der Waals surface area contributed by atoms with Gasteiger partial charge in [-0.2, -0.15) is 0 Å². The number of para-hydroxylation sites is 1. The number of aryl methyl sites for hydroxylation is 2. The Labute approximate surface area is 138 Å². The maximum absolute atomic E-state index is 12.2. The molecule has 118 valence electrons. The van der Waals surface area contributed by atoms with Gasteiger partial charge in [-0.3, -0.25) is 4.79 Å². The molecular weight excluding hydrogens is 308 g/mol. The molecule has 0 bridgehead atoms. The summed E-state index contributed by atoms with van der Waals surface area (Å²) < 4.78 is 1.21. The summed E-state index contributed by atoms with van der Waals surface area (Å²) in [6, 6.07) is 6.34. The lowest BCUT2D eigenvalue weighted by atomic mass is 10.1. The third-order valence-electron chi connectivity index (χ3n) is 4.33. The number of fused-ring (bicyclic) bond motifs is 2. The predicted molar refractivity (Wildman–Crippen MR) is 93.3 cm³/mol. The Bertz CT molecular complexity index is 943. The number of nitrogens with one attached hydrogen (secondary N) is 1. The number of rotatable bonds is 2. The molecule has 3 heterocycles. The molecule has 0 fully saturated rings. The first kappa shape index (κ1) is 14.4. The highest BCUT2D eigenvalue weighted by Crippen LogP contribution is 2.32. The minimum absolute atomic E-state index is 0.0208. The smallest absolute Gasteiger partial charge is 0.256 e. The van der Waals surface area contributed by atoms with Crippen molar-refractivity contribution in [3.63, 3.8) is 0 Å². The Morgan fingerprint density at radius 2 is 2.22 bits per heavy atom. The van der Waals surface area contributed by atoms with E-state index >= 15 is 0 Å². The molecule has 1 aromatic carbocycles. The number of hydrogen-bond acceptors (Lipinski definition) is 5. The summed E-state index contributed by atoms with van der Waals surface area (Å²) in [5, 5.41) is 0.992. The highest BCUT2D eigenvalue weighted by molar-refractivity contribution is 7.22. The van der Waals surface area contributed by atoms with E-state index in [1.807, 2.05) is 6.92 Å². The van der Waals surface area contributed by atoms with Gasteiger partial charge in [0.1, 0.15) is 5.82 Å². The van der Waals surface area contributed by atoms with Crippen LogP contribution in [0.25, 0.3) is 10.2 Å². The van der Waals surface area contributed by atoms with Crippen LogP contribution in [0.15, 0.2) is 23.0 Å². The van der Waals surface area contributed by atoms with E-state index in [-0.39, 0.29) is 5.56 Å². The van der Waals surface area contributed by atoms with Crippen molar-refractivity contribution in [2.24, 2.45) is 0 Å². The van der Waals surface area contributed by atoms with Crippen molar-refractivity contribution < 1.29 is 0 Å². The second kappa shape index (κ2) is 5.45. The van der Waals surface area contributed by atoms with Crippen LogP contribution in [0.4, 0.5) is 5.13 Å². The second-order valence-electron chi connectivity index (χ2n) is 5.86. The first-order chi connectivity index (χ1) is 11.2. The lowest BCUT2D eigenvalue weighted by Crippen LogP contribution is -2.35. The Kier molecular flexibility index (Phi) is 3.41. The Balaban J connectivity index is 1.74. The molecule has 0 spiro atoms. The number of benzene rings is 1. The molecule has 0 aliphatic carbocycles. The van der Waals surface area contributed by atoms with Gasteiger partial charge in [0.05, 0.1) is 28.0 Å². The molecule has 6 heteroatoms. The molecule has 1 N–H and O–H groups in total. The molecule has 1 aliphatic rings. The summed E-state index contributed by atoms with van der Waals surface area (Å²) in [5.74, 6) is 0.690. The summed E-state index contributed by atoms with van der Waals surface area (Å²) in [4.78, 5) is 26.5. The summed E-state index contributed by atoms with van der Waals surface area (Å²) in [5.41, 5.74) is 4.05. The minimum atomic E-state index is -0.0208. The normalized spacial score (nSPS) is 14.3. The van der Waals surface area contributed by atoms with E-state index in [2.05, 4.69) is 40.0 Å². The van der Waals surface area contributed by atoms with Crippen LogP contribution < -0.4 is 10.5 Å². The molecule has 0 saturated heterocycles. The van der Waals surface area contributed by atoms with Crippen LogP contribution >= 0.6 is 11.3 Å². The Morgan fingerprint density at radius 1 is 1.35 bits per heavy atom. The highest BCUT2D eigenvalue weighted by Gasteiger charge is 2.23. The molecule has 0 radical (unpaired) electrons. The average Bonchev–Trinajstić information content (AvgIpc) is 2.98. The third-order valence-corrected chi connectivity index (χ3v) is 5.41. The summed E-state index contributed by atoms with van der Waals surface area (Å²) in [6.07, 6.45) is 1.77. The first-order valence-corrected chi connectivity index (χ1v) is 8.69. The molecule has 1 aliphatic heterocycles. The van der Waals surface area contributed by atoms with Gasteiger partial charge in [0.25, 0.3) is 5.56 Å². The molecule has 5 nitrogen and oxygen atoms in total. The number of hydrogen-bond donors (Lipinski definition) is 1. The van der Waals surface area contributed by atoms with E-state index < -0.39 is 0 Å². The van der Waals surface area contributed by atoms with Crippen LogP contribution in [0.3, 0.4) is 0 Å². The standard InChI is InChI=1S/C17H18N4OS/c1-3-11-5-4-6-14-15(11)20-17(23-14)21-8-7-13-12(9-21)16(22)19-10(2)18-13/h4-6H,3,7-9H2,1-2H3,(H,18,19,22). The SMILES string of the molecule is CCc1cccc2sc(N3CCc4nc(C)[nH]c(=O)c4C3)nc12. The van der Waals surface area contributed by atoms with Gasteiger partial charge < -0.3 is 9.88 Å². The maximum Gasteiger partial charge on any atom is 0.256 e. The molecule has 4 rings (SSSR count). The summed E-state index contributed by atoms with van der Waals surface area (Å²) in [6.45, 7) is 5.41. The van der Waals surface area contributed by atoms with E-state index in [0.717, 1.165) is 41.3 Å². The van der Waals surface area contributed by atoms with Crippen molar-refractivity contribution in [3.8, 4) is 0 Å². The predicted octanol–water partition coefficient (Wildman–Crippen LogP) is 2.81. The largest absolute Gasteiger partial charge is 0.343 e. The zero-order valence-electron chi connectivity index (χ0n) is 13.2. The van der Waals surface area contributed by atoms with Gasteiger partial charge >= 0.3 is 0 Å². The topological polar surface area (TPSA) is 61.9 Å². The van der Waals surface area contributed by atoms with Crippen LogP contribution in [0.1, 0.15) is 29.6 Å². The number of nitrogens with zero attached hydrogens (tertiary/aromatic N) is 3. The van der Waals surface area contributed by atoms with Gasteiger partial charge in [-0.15, -0.1) is 0 Å². The first-order valence-electron chi connectivity index (χ1n) is 7.87. The second-order valence-corrected chi connectivity index (χ2v) is 6.87. The quantitative estimate of drug-likeness (QED) is 0.786. The molecule has 0 saturated carbocycles. The van der Waals surface area contributed by atoms with Gasteiger partial charge in [0.15, 0.2) is 5.13 Å². The van der Waals surface area contributed by atoms with Gasteiger partial charge in [-0.25, -0.2) is 9.97 Å². The zero-order valence-corrected chi connectivity index (χ0v) is 14.0. The fourth-order valence-corrected chi connectivity index (χ4v) is 4.17. The van der Waals surface area contributed by atoms with Gasteiger partial charge in [0.2, 0.25) is 0 Å². The van der Waals surface area contributed by atoms with Crippen LogP contribution in [0.2, 0.25) is 0 Å². The van der Waals surface area contributed by atoms with E-state index in [0.29, 0.717) is 12.4 Å². The van der Waals surface area contributed by atoms with E-state index in [9.17, 15) is 4.79 Å².